The molecular formula is C17H21FN4O. The maximum atomic E-state index is 12.9. The first-order valence-corrected chi connectivity index (χ1v) is 7.92. The summed E-state index contributed by atoms with van der Waals surface area (Å²) in [5.74, 6) is 0.607. The molecule has 6 heteroatoms. The molecule has 2 heterocycles. The molecule has 0 unspecified atom stereocenters. The summed E-state index contributed by atoms with van der Waals surface area (Å²) < 4.78 is 12.9. The highest BCUT2D eigenvalue weighted by atomic mass is 19.1. The summed E-state index contributed by atoms with van der Waals surface area (Å²) in [5.41, 5.74) is 0.719. The van der Waals surface area contributed by atoms with E-state index < -0.39 is 6.10 Å². The third-order valence-corrected chi connectivity index (χ3v) is 4.20. The van der Waals surface area contributed by atoms with E-state index in [2.05, 4.69) is 20.4 Å². The van der Waals surface area contributed by atoms with Crippen molar-refractivity contribution in [1.82, 2.24) is 15.5 Å². The SMILES string of the molecule is O[C@H](CNC[C@H]1CCCN1c1cccnn1)c1ccc(F)cc1. The number of anilines is 1. The Labute approximate surface area is 135 Å². The van der Waals surface area contributed by atoms with E-state index in [0.29, 0.717) is 12.6 Å². The van der Waals surface area contributed by atoms with E-state index in [1.165, 1.54) is 12.1 Å². The van der Waals surface area contributed by atoms with E-state index in [9.17, 15) is 9.50 Å². The quantitative estimate of drug-likeness (QED) is 0.852. The predicted octanol–water partition coefficient (Wildman–Crippen LogP) is 1.91. The van der Waals surface area contributed by atoms with Crippen molar-refractivity contribution in [3.8, 4) is 0 Å². The Morgan fingerprint density at radius 2 is 2.13 bits per heavy atom. The molecule has 23 heavy (non-hydrogen) atoms. The van der Waals surface area contributed by atoms with E-state index in [1.807, 2.05) is 12.1 Å². The van der Waals surface area contributed by atoms with E-state index in [4.69, 9.17) is 0 Å². The number of aliphatic hydroxyl groups excluding tert-OH is 1. The zero-order chi connectivity index (χ0) is 16.1. The fourth-order valence-electron chi connectivity index (χ4n) is 2.99. The third kappa shape index (κ3) is 4.03. The van der Waals surface area contributed by atoms with Crippen molar-refractivity contribution in [1.29, 1.82) is 0 Å². The molecular weight excluding hydrogens is 295 g/mol. The molecule has 1 aromatic heterocycles. The van der Waals surface area contributed by atoms with Gasteiger partial charge in [0.1, 0.15) is 5.82 Å². The lowest BCUT2D eigenvalue weighted by Crippen LogP contribution is -2.39. The largest absolute Gasteiger partial charge is 0.387 e. The Morgan fingerprint density at radius 3 is 2.87 bits per heavy atom. The number of rotatable bonds is 6. The van der Waals surface area contributed by atoms with Gasteiger partial charge in [0.25, 0.3) is 0 Å². The highest BCUT2D eigenvalue weighted by Gasteiger charge is 2.25. The average molecular weight is 316 g/mol. The summed E-state index contributed by atoms with van der Waals surface area (Å²) in [6.07, 6.45) is 3.26. The zero-order valence-electron chi connectivity index (χ0n) is 12.9. The first kappa shape index (κ1) is 15.8. The minimum atomic E-state index is -0.637. The first-order chi connectivity index (χ1) is 11.2. The van der Waals surface area contributed by atoms with Gasteiger partial charge in [0, 0.05) is 31.9 Å². The number of halogens is 1. The summed E-state index contributed by atoms with van der Waals surface area (Å²) in [5, 5.41) is 21.6. The molecule has 0 spiro atoms. The number of aromatic nitrogens is 2. The molecule has 1 fully saturated rings. The molecule has 1 aliphatic rings. The van der Waals surface area contributed by atoms with Crippen LogP contribution in [0.25, 0.3) is 0 Å². The molecule has 1 saturated heterocycles. The van der Waals surface area contributed by atoms with E-state index in [-0.39, 0.29) is 5.82 Å². The van der Waals surface area contributed by atoms with Crippen LogP contribution in [0.5, 0.6) is 0 Å². The molecule has 5 nitrogen and oxygen atoms in total. The van der Waals surface area contributed by atoms with E-state index >= 15 is 0 Å². The van der Waals surface area contributed by atoms with Crippen molar-refractivity contribution in [2.24, 2.45) is 0 Å². The monoisotopic (exact) mass is 316 g/mol. The second-order valence-corrected chi connectivity index (χ2v) is 5.80. The maximum absolute atomic E-state index is 12.9. The molecule has 2 N–H and O–H groups in total. The average Bonchev–Trinajstić information content (AvgIpc) is 3.05. The lowest BCUT2D eigenvalue weighted by molar-refractivity contribution is 0.174. The van der Waals surface area contributed by atoms with Crippen molar-refractivity contribution in [2.75, 3.05) is 24.5 Å². The van der Waals surface area contributed by atoms with Crippen molar-refractivity contribution in [3.05, 3.63) is 54.0 Å². The number of aliphatic hydroxyl groups is 1. The molecule has 0 radical (unpaired) electrons. The van der Waals surface area contributed by atoms with Gasteiger partial charge in [-0.1, -0.05) is 12.1 Å². The number of hydrogen-bond acceptors (Lipinski definition) is 5. The number of nitrogens with one attached hydrogen (secondary N) is 1. The van der Waals surface area contributed by atoms with E-state index in [0.717, 1.165) is 37.3 Å². The van der Waals surface area contributed by atoms with Gasteiger partial charge in [0.05, 0.1) is 6.10 Å². The van der Waals surface area contributed by atoms with Gasteiger partial charge in [-0.2, -0.15) is 5.10 Å². The lowest BCUT2D eigenvalue weighted by Gasteiger charge is -2.26. The summed E-state index contributed by atoms with van der Waals surface area (Å²) >= 11 is 0. The van der Waals surface area contributed by atoms with Crippen molar-refractivity contribution < 1.29 is 9.50 Å². The summed E-state index contributed by atoms with van der Waals surface area (Å²) in [4.78, 5) is 2.25. The van der Waals surface area contributed by atoms with Crippen LogP contribution >= 0.6 is 0 Å². The normalized spacial score (nSPS) is 19.0. The van der Waals surface area contributed by atoms with E-state index in [1.54, 1.807) is 18.3 Å². The minimum absolute atomic E-state index is 0.292. The van der Waals surface area contributed by atoms with Crippen molar-refractivity contribution >= 4 is 5.82 Å². The van der Waals surface area contributed by atoms with Gasteiger partial charge in [-0.3, -0.25) is 0 Å². The highest BCUT2D eigenvalue weighted by molar-refractivity contribution is 5.39. The van der Waals surface area contributed by atoms with Gasteiger partial charge in [-0.05, 0) is 42.7 Å². The molecule has 1 aliphatic heterocycles. The fourth-order valence-corrected chi connectivity index (χ4v) is 2.99. The second kappa shape index (κ2) is 7.48. The van der Waals surface area contributed by atoms with Crippen LogP contribution in [0.15, 0.2) is 42.6 Å². The molecule has 0 aliphatic carbocycles. The van der Waals surface area contributed by atoms with Gasteiger partial charge >= 0.3 is 0 Å². The Kier molecular flexibility index (Phi) is 5.15. The maximum Gasteiger partial charge on any atom is 0.151 e. The molecule has 2 atom stereocenters. The van der Waals surface area contributed by atoms with Crippen LogP contribution in [0, 0.1) is 5.82 Å². The molecule has 122 valence electrons. The fraction of sp³-hybridized carbons (Fsp3) is 0.412. The van der Waals surface area contributed by atoms with Crippen LogP contribution in [0.4, 0.5) is 10.2 Å². The number of benzene rings is 1. The molecule has 3 rings (SSSR count). The molecule has 1 aromatic carbocycles. The van der Waals surface area contributed by atoms with Crippen LogP contribution in [0.1, 0.15) is 24.5 Å². The highest BCUT2D eigenvalue weighted by Crippen LogP contribution is 2.22. The van der Waals surface area contributed by atoms with Crippen LogP contribution < -0.4 is 10.2 Å². The standard InChI is InChI=1S/C17H21FN4O/c18-14-7-5-13(6-8-14)16(23)12-19-11-15-3-2-10-22(15)17-4-1-9-20-21-17/h1,4-9,15-16,19,23H,2-3,10-12H2/t15-,16-/m1/s1. The Hall–Kier alpha value is -2.05. The van der Waals surface area contributed by atoms with Gasteiger partial charge in [0.2, 0.25) is 0 Å². The van der Waals surface area contributed by atoms with Crippen LogP contribution in [0.2, 0.25) is 0 Å². The summed E-state index contributed by atoms with van der Waals surface area (Å²) in [6, 6.07) is 10.2. The van der Waals surface area contributed by atoms with Crippen LogP contribution in [-0.4, -0.2) is 41.0 Å². The first-order valence-electron chi connectivity index (χ1n) is 7.92. The molecule has 2 aromatic rings. The minimum Gasteiger partial charge on any atom is -0.387 e. The van der Waals surface area contributed by atoms with Gasteiger partial charge in [-0.25, -0.2) is 4.39 Å². The smallest absolute Gasteiger partial charge is 0.151 e. The summed E-state index contributed by atoms with van der Waals surface area (Å²) in [7, 11) is 0. The third-order valence-electron chi connectivity index (χ3n) is 4.20. The number of nitrogens with zero attached hydrogens (tertiary/aromatic N) is 3. The zero-order valence-corrected chi connectivity index (χ0v) is 12.9. The Balaban J connectivity index is 1.51. The van der Waals surface area contributed by atoms with Crippen molar-refractivity contribution in [2.45, 2.75) is 25.0 Å². The predicted molar refractivity (Wildman–Crippen MR) is 86.6 cm³/mol. The molecule has 0 saturated carbocycles. The van der Waals surface area contributed by atoms with Gasteiger partial charge in [-0.15, -0.1) is 5.10 Å². The molecule has 0 bridgehead atoms. The summed E-state index contributed by atoms with van der Waals surface area (Å²) in [6.45, 7) is 2.19. The topological polar surface area (TPSA) is 61.3 Å². The lowest BCUT2D eigenvalue weighted by atomic mass is 10.1. The molecule has 0 amide bonds. The second-order valence-electron chi connectivity index (χ2n) is 5.80. The van der Waals surface area contributed by atoms with Gasteiger partial charge < -0.3 is 15.3 Å². The van der Waals surface area contributed by atoms with Gasteiger partial charge in [0.15, 0.2) is 5.82 Å². The van der Waals surface area contributed by atoms with Crippen LogP contribution in [0.3, 0.4) is 0 Å². The Bertz CT molecular complexity index is 608. The van der Waals surface area contributed by atoms with Crippen molar-refractivity contribution in [3.63, 3.8) is 0 Å². The Morgan fingerprint density at radius 1 is 1.30 bits per heavy atom. The number of hydrogen-bond donors (Lipinski definition) is 2. The van der Waals surface area contributed by atoms with Crippen LogP contribution in [-0.2, 0) is 0 Å².